The van der Waals surface area contributed by atoms with Crippen molar-refractivity contribution in [2.45, 2.75) is 50.7 Å². The zero-order valence-electron chi connectivity index (χ0n) is 11.2. The number of hydrogen-bond acceptors (Lipinski definition) is 4. The average Bonchev–Trinajstić information content (AvgIpc) is 3.13. The number of anilines is 1. The van der Waals surface area contributed by atoms with Crippen molar-refractivity contribution >= 4 is 5.82 Å². The maximum atomic E-state index is 12.1. The minimum Gasteiger partial charge on any atom is -0.376 e. The molecule has 0 saturated heterocycles. The molecule has 1 aromatic heterocycles. The highest BCUT2D eigenvalue weighted by atomic mass is 16.5. The van der Waals surface area contributed by atoms with Crippen LogP contribution in [-0.2, 0) is 4.74 Å². The van der Waals surface area contributed by atoms with Crippen molar-refractivity contribution < 1.29 is 4.74 Å². The molecule has 104 valence electrons. The molecular weight excluding hydrogens is 242 g/mol. The largest absolute Gasteiger partial charge is 0.376 e. The van der Waals surface area contributed by atoms with Crippen LogP contribution in [-0.4, -0.2) is 28.8 Å². The van der Waals surface area contributed by atoms with E-state index in [0.717, 1.165) is 12.8 Å². The van der Waals surface area contributed by atoms with Crippen molar-refractivity contribution in [3.8, 4) is 0 Å². The fraction of sp³-hybridized carbons (Fsp3) is 0.714. The molecule has 0 amide bonds. The van der Waals surface area contributed by atoms with E-state index in [-0.39, 0.29) is 5.56 Å². The first-order valence-electron chi connectivity index (χ1n) is 7.27. The summed E-state index contributed by atoms with van der Waals surface area (Å²) in [5.74, 6) is 0.449. The molecule has 2 saturated carbocycles. The molecule has 0 atom stereocenters. The Morgan fingerprint density at radius 2 is 2.11 bits per heavy atom. The van der Waals surface area contributed by atoms with Gasteiger partial charge in [-0.3, -0.25) is 4.79 Å². The van der Waals surface area contributed by atoms with Crippen LogP contribution in [0.2, 0.25) is 0 Å². The Kier molecular flexibility index (Phi) is 3.82. The highest BCUT2D eigenvalue weighted by molar-refractivity contribution is 5.31. The van der Waals surface area contributed by atoms with Gasteiger partial charge >= 0.3 is 0 Å². The van der Waals surface area contributed by atoms with Gasteiger partial charge in [-0.15, -0.1) is 0 Å². The van der Waals surface area contributed by atoms with Crippen molar-refractivity contribution in [2.24, 2.45) is 0 Å². The van der Waals surface area contributed by atoms with Crippen molar-refractivity contribution in [3.05, 3.63) is 22.7 Å². The van der Waals surface area contributed by atoms with Gasteiger partial charge in [-0.05, 0) is 25.7 Å². The van der Waals surface area contributed by atoms with Gasteiger partial charge in [0, 0.05) is 25.0 Å². The molecule has 5 heteroatoms. The lowest BCUT2D eigenvalue weighted by Gasteiger charge is -2.12. The molecule has 1 aromatic rings. The Balaban J connectivity index is 1.49. The SMILES string of the molecule is O=c1c(NCCOC2CCCC2)nccn1C1CC1. The fourth-order valence-electron chi connectivity index (χ4n) is 2.64. The zero-order valence-corrected chi connectivity index (χ0v) is 11.2. The second-order valence-corrected chi connectivity index (χ2v) is 5.42. The first kappa shape index (κ1) is 12.7. The van der Waals surface area contributed by atoms with Crippen molar-refractivity contribution in [2.75, 3.05) is 18.5 Å². The van der Waals surface area contributed by atoms with E-state index in [1.54, 1.807) is 17.0 Å². The molecule has 2 fully saturated rings. The highest BCUT2D eigenvalue weighted by Gasteiger charge is 2.25. The Morgan fingerprint density at radius 1 is 1.32 bits per heavy atom. The van der Waals surface area contributed by atoms with Crippen LogP contribution in [0, 0.1) is 0 Å². The third-order valence-electron chi connectivity index (χ3n) is 3.86. The Labute approximate surface area is 113 Å². The summed E-state index contributed by atoms with van der Waals surface area (Å²) in [5.41, 5.74) is -0.00846. The molecule has 0 spiro atoms. The molecule has 0 bridgehead atoms. The lowest BCUT2D eigenvalue weighted by atomic mass is 10.3. The number of rotatable bonds is 6. The van der Waals surface area contributed by atoms with Crippen LogP contribution in [0.15, 0.2) is 17.2 Å². The predicted octanol–water partition coefficient (Wildman–Crippen LogP) is 1.95. The zero-order chi connectivity index (χ0) is 13.1. The van der Waals surface area contributed by atoms with E-state index in [4.69, 9.17) is 4.74 Å². The molecule has 0 radical (unpaired) electrons. The quantitative estimate of drug-likeness (QED) is 0.797. The average molecular weight is 263 g/mol. The van der Waals surface area contributed by atoms with Crippen molar-refractivity contribution in [3.63, 3.8) is 0 Å². The van der Waals surface area contributed by atoms with Gasteiger partial charge in [0.15, 0.2) is 5.82 Å². The van der Waals surface area contributed by atoms with Crippen molar-refractivity contribution in [1.29, 1.82) is 0 Å². The second-order valence-electron chi connectivity index (χ2n) is 5.42. The van der Waals surface area contributed by atoms with Crippen LogP contribution in [0.5, 0.6) is 0 Å². The van der Waals surface area contributed by atoms with E-state index < -0.39 is 0 Å². The maximum absolute atomic E-state index is 12.1. The minimum atomic E-state index is -0.00846. The molecule has 5 nitrogen and oxygen atoms in total. The topological polar surface area (TPSA) is 56.1 Å². The number of aromatic nitrogens is 2. The molecule has 0 aliphatic heterocycles. The minimum absolute atomic E-state index is 0.00846. The van der Waals surface area contributed by atoms with Crippen LogP contribution >= 0.6 is 0 Å². The third kappa shape index (κ3) is 3.15. The Morgan fingerprint density at radius 3 is 2.84 bits per heavy atom. The summed E-state index contributed by atoms with van der Waals surface area (Å²) in [6.07, 6.45) is 11.0. The van der Waals surface area contributed by atoms with Crippen LogP contribution in [0.1, 0.15) is 44.6 Å². The van der Waals surface area contributed by atoms with Crippen molar-refractivity contribution in [1.82, 2.24) is 9.55 Å². The molecular formula is C14H21N3O2. The van der Waals surface area contributed by atoms with E-state index in [0.29, 0.717) is 31.1 Å². The second kappa shape index (κ2) is 5.74. The third-order valence-corrected chi connectivity index (χ3v) is 3.86. The molecule has 1 heterocycles. The first-order valence-corrected chi connectivity index (χ1v) is 7.27. The van der Waals surface area contributed by atoms with Gasteiger partial charge in [0.2, 0.25) is 0 Å². The van der Waals surface area contributed by atoms with Gasteiger partial charge in [0.1, 0.15) is 0 Å². The van der Waals surface area contributed by atoms with E-state index in [1.165, 1.54) is 25.7 Å². The monoisotopic (exact) mass is 263 g/mol. The highest BCUT2D eigenvalue weighted by Crippen LogP contribution is 2.33. The first-order chi connectivity index (χ1) is 9.34. The molecule has 0 unspecified atom stereocenters. The maximum Gasteiger partial charge on any atom is 0.293 e. The number of hydrogen-bond donors (Lipinski definition) is 1. The molecule has 19 heavy (non-hydrogen) atoms. The number of nitrogens with zero attached hydrogens (tertiary/aromatic N) is 2. The lowest BCUT2D eigenvalue weighted by molar-refractivity contribution is 0.0658. The predicted molar refractivity (Wildman–Crippen MR) is 73.5 cm³/mol. The Bertz CT molecular complexity index is 476. The fourth-order valence-corrected chi connectivity index (χ4v) is 2.64. The van der Waals surface area contributed by atoms with Gasteiger partial charge in [-0.2, -0.15) is 0 Å². The van der Waals surface area contributed by atoms with Crippen LogP contribution in [0.4, 0.5) is 5.82 Å². The normalized spacial score (nSPS) is 19.8. The van der Waals surface area contributed by atoms with E-state index in [1.807, 2.05) is 0 Å². The summed E-state index contributed by atoms with van der Waals surface area (Å²) in [4.78, 5) is 16.2. The molecule has 3 rings (SSSR count). The summed E-state index contributed by atoms with van der Waals surface area (Å²) in [6.45, 7) is 1.29. The Hall–Kier alpha value is -1.36. The summed E-state index contributed by atoms with van der Waals surface area (Å²) in [6, 6.07) is 0.394. The molecule has 0 aromatic carbocycles. The van der Waals surface area contributed by atoms with Gasteiger partial charge in [0.05, 0.1) is 12.7 Å². The van der Waals surface area contributed by atoms with Gasteiger partial charge < -0.3 is 14.6 Å². The molecule has 1 N–H and O–H groups in total. The number of ether oxygens (including phenoxy) is 1. The number of nitrogens with one attached hydrogen (secondary N) is 1. The van der Waals surface area contributed by atoms with Gasteiger partial charge in [0.25, 0.3) is 5.56 Å². The smallest absolute Gasteiger partial charge is 0.293 e. The molecule has 2 aliphatic carbocycles. The summed E-state index contributed by atoms with van der Waals surface area (Å²) in [5, 5.41) is 3.09. The van der Waals surface area contributed by atoms with Crippen LogP contribution < -0.4 is 10.9 Å². The van der Waals surface area contributed by atoms with Gasteiger partial charge in [-0.1, -0.05) is 12.8 Å². The summed E-state index contributed by atoms with van der Waals surface area (Å²) < 4.78 is 7.54. The van der Waals surface area contributed by atoms with E-state index in [2.05, 4.69) is 10.3 Å². The standard InChI is InChI=1S/C14H21N3O2/c18-14-13(15-7-9-17(14)11-5-6-11)16-8-10-19-12-3-1-2-4-12/h7,9,11-12H,1-6,8,10H2,(H,15,16). The van der Waals surface area contributed by atoms with Gasteiger partial charge in [-0.25, -0.2) is 4.98 Å². The van der Waals surface area contributed by atoms with Crippen LogP contribution in [0.3, 0.4) is 0 Å². The molecule has 2 aliphatic rings. The summed E-state index contributed by atoms with van der Waals surface area (Å²) in [7, 11) is 0. The lowest BCUT2D eigenvalue weighted by Crippen LogP contribution is -2.25. The summed E-state index contributed by atoms with van der Waals surface area (Å²) >= 11 is 0. The van der Waals surface area contributed by atoms with E-state index >= 15 is 0 Å². The van der Waals surface area contributed by atoms with E-state index in [9.17, 15) is 4.79 Å². The van der Waals surface area contributed by atoms with Crippen LogP contribution in [0.25, 0.3) is 0 Å².